The van der Waals surface area contributed by atoms with Crippen LogP contribution in [0.25, 0.3) is 0 Å². The molecule has 0 nitrogen and oxygen atoms in total. The number of fused-ring (bicyclic) bond motifs is 1. The molecule has 0 aromatic carbocycles. The summed E-state index contributed by atoms with van der Waals surface area (Å²) in [6.07, 6.45) is 12.2. The molecule has 0 heterocycles. The summed E-state index contributed by atoms with van der Waals surface area (Å²) in [7, 11) is 0. The van der Waals surface area contributed by atoms with Gasteiger partial charge in [-0.15, -0.1) is 0 Å². The quantitative estimate of drug-likeness (QED) is 0.506. The lowest BCUT2D eigenvalue weighted by molar-refractivity contribution is 0.171. The molecule has 1 fully saturated rings. The van der Waals surface area contributed by atoms with Crippen molar-refractivity contribution in [2.24, 2.45) is 23.7 Å². The minimum atomic E-state index is 0.822. The van der Waals surface area contributed by atoms with E-state index in [9.17, 15) is 0 Å². The molecule has 0 N–H and O–H groups in total. The van der Waals surface area contributed by atoms with Gasteiger partial charge in [0.2, 0.25) is 0 Å². The normalized spacial score (nSPS) is 44.4. The maximum Gasteiger partial charge on any atom is -0.00959 e. The Morgan fingerprint density at radius 2 is 1.29 bits per heavy atom. The molecule has 2 bridgehead atoms. The van der Waals surface area contributed by atoms with Gasteiger partial charge in [-0.1, -0.05) is 35.5 Å². The van der Waals surface area contributed by atoms with Crippen molar-refractivity contribution >= 4 is 0 Å². The summed E-state index contributed by atoms with van der Waals surface area (Å²) < 4.78 is 0. The molecule has 0 spiro atoms. The molecule has 0 heteroatoms. The molecule has 1 saturated carbocycles. The van der Waals surface area contributed by atoms with Crippen LogP contribution in [0.2, 0.25) is 0 Å². The van der Waals surface area contributed by atoms with Crippen molar-refractivity contribution in [2.75, 3.05) is 0 Å². The molecular formula is C14H18. The highest BCUT2D eigenvalue weighted by Gasteiger charge is 2.43. The molecule has 0 aliphatic heterocycles. The van der Waals surface area contributed by atoms with Gasteiger partial charge in [0.15, 0.2) is 0 Å². The monoisotopic (exact) mass is 186 g/mol. The Labute approximate surface area is 86.4 Å². The van der Waals surface area contributed by atoms with E-state index < -0.39 is 0 Å². The highest BCUT2D eigenvalue weighted by molar-refractivity contribution is 5.32. The highest BCUT2D eigenvalue weighted by atomic mass is 14.5. The predicted octanol–water partition coefficient (Wildman–Crippen LogP) is 3.72. The van der Waals surface area contributed by atoms with Crippen molar-refractivity contribution in [1.82, 2.24) is 0 Å². The van der Waals surface area contributed by atoms with E-state index in [-0.39, 0.29) is 0 Å². The van der Waals surface area contributed by atoms with Crippen LogP contribution in [0.15, 0.2) is 35.5 Å². The van der Waals surface area contributed by atoms with E-state index >= 15 is 0 Å². The molecular weight excluding hydrogens is 168 g/mol. The molecule has 4 rings (SSSR count). The van der Waals surface area contributed by atoms with Crippen LogP contribution in [-0.4, -0.2) is 0 Å². The Morgan fingerprint density at radius 1 is 0.857 bits per heavy atom. The van der Waals surface area contributed by atoms with Crippen molar-refractivity contribution in [3.05, 3.63) is 35.5 Å². The van der Waals surface area contributed by atoms with E-state index in [4.69, 9.17) is 0 Å². The van der Waals surface area contributed by atoms with Gasteiger partial charge in [-0.05, 0) is 50.4 Å². The highest BCUT2D eigenvalue weighted by Crippen LogP contribution is 2.53. The lowest BCUT2D eigenvalue weighted by Crippen LogP contribution is -2.39. The van der Waals surface area contributed by atoms with Crippen LogP contribution in [0.1, 0.15) is 26.7 Å². The van der Waals surface area contributed by atoms with Crippen molar-refractivity contribution < 1.29 is 0 Å². The fourth-order valence-corrected chi connectivity index (χ4v) is 3.79. The second-order valence-electron chi connectivity index (χ2n) is 5.08. The molecule has 0 radical (unpaired) electrons. The first-order valence-electron chi connectivity index (χ1n) is 5.81. The minimum absolute atomic E-state index is 0.822. The molecule has 4 atom stereocenters. The van der Waals surface area contributed by atoms with Crippen LogP contribution >= 0.6 is 0 Å². The molecule has 14 heavy (non-hydrogen) atoms. The molecule has 0 aromatic heterocycles. The third-order valence-corrected chi connectivity index (χ3v) is 4.67. The third kappa shape index (κ3) is 0.945. The number of hydrogen-bond acceptors (Lipinski definition) is 0. The van der Waals surface area contributed by atoms with Crippen molar-refractivity contribution in [2.45, 2.75) is 26.7 Å². The van der Waals surface area contributed by atoms with E-state index in [0.717, 1.165) is 23.7 Å². The lowest BCUT2D eigenvalue weighted by atomic mass is 9.56. The topological polar surface area (TPSA) is 0 Å². The minimum Gasteiger partial charge on any atom is -0.0802 e. The number of hydrogen-bond donors (Lipinski definition) is 0. The van der Waals surface area contributed by atoms with E-state index in [1.165, 1.54) is 12.8 Å². The molecule has 0 amide bonds. The smallest absolute Gasteiger partial charge is 0.00959 e. The van der Waals surface area contributed by atoms with Crippen LogP contribution in [-0.2, 0) is 0 Å². The van der Waals surface area contributed by atoms with E-state index in [1.54, 1.807) is 11.1 Å². The fourth-order valence-electron chi connectivity index (χ4n) is 3.79. The van der Waals surface area contributed by atoms with Crippen LogP contribution in [0.5, 0.6) is 0 Å². The van der Waals surface area contributed by atoms with Crippen LogP contribution in [0.3, 0.4) is 0 Å². The van der Waals surface area contributed by atoms with Gasteiger partial charge in [0.25, 0.3) is 0 Å². The van der Waals surface area contributed by atoms with Crippen molar-refractivity contribution in [3.8, 4) is 0 Å². The zero-order valence-electron chi connectivity index (χ0n) is 9.03. The molecule has 4 aliphatic rings. The Kier molecular flexibility index (Phi) is 1.74. The summed E-state index contributed by atoms with van der Waals surface area (Å²) in [5.41, 5.74) is 3.39. The van der Waals surface area contributed by atoms with Crippen molar-refractivity contribution in [1.29, 1.82) is 0 Å². The Hall–Kier alpha value is -0.780. The molecule has 4 aliphatic carbocycles. The van der Waals surface area contributed by atoms with E-state index in [1.807, 2.05) is 0 Å². The first-order valence-corrected chi connectivity index (χ1v) is 5.81. The molecule has 0 aromatic rings. The van der Waals surface area contributed by atoms with Gasteiger partial charge in [-0.2, -0.15) is 0 Å². The van der Waals surface area contributed by atoms with Crippen LogP contribution < -0.4 is 0 Å². The van der Waals surface area contributed by atoms with E-state index in [0.29, 0.717) is 0 Å². The van der Waals surface area contributed by atoms with Crippen molar-refractivity contribution in [3.63, 3.8) is 0 Å². The zero-order valence-corrected chi connectivity index (χ0v) is 9.03. The molecule has 4 unspecified atom stereocenters. The molecule has 0 saturated heterocycles. The number of allylic oxidation sites excluding steroid dienone is 6. The van der Waals surface area contributed by atoms with Gasteiger partial charge < -0.3 is 0 Å². The van der Waals surface area contributed by atoms with E-state index in [2.05, 4.69) is 38.2 Å². The summed E-state index contributed by atoms with van der Waals surface area (Å²) in [6, 6.07) is 0. The summed E-state index contributed by atoms with van der Waals surface area (Å²) in [5.74, 6) is 3.35. The SMILES string of the molecule is CC1=C(C)C2CCC1C1C=CC=CC21. The average Bonchev–Trinajstić information content (AvgIpc) is 2.24. The van der Waals surface area contributed by atoms with Gasteiger partial charge in [0.05, 0.1) is 0 Å². The van der Waals surface area contributed by atoms with Gasteiger partial charge >= 0.3 is 0 Å². The first kappa shape index (κ1) is 8.52. The lowest BCUT2D eigenvalue weighted by Gasteiger charge is -2.49. The predicted molar refractivity (Wildman–Crippen MR) is 59.8 cm³/mol. The van der Waals surface area contributed by atoms with Crippen LogP contribution in [0, 0.1) is 23.7 Å². The maximum absolute atomic E-state index is 2.44. The average molecular weight is 186 g/mol. The summed E-state index contributed by atoms with van der Waals surface area (Å²) in [4.78, 5) is 0. The summed E-state index contributed by atoms with van der Waals surface area (Å²) in [5, 5.41) is 0. The van der Waals surface area contributed by atoms with Gasteiger partial charge in [0, 0.05) is 0 Å². The van der Waals surface area contributed by atoms with Gasteiger partial charge in [-0.25, -0.2) is 0 Å². The zero-order chi connectivity index (χ0) is 9.71. The first-order chi connectivity index (χ1) is 6.79. The van der Waals surface area contributed by atoms with Gasteiger partial charge in [0.1, 0.15) is 0 Å². The summed E-state index contributed by atoms with van der Waals surface area (Å²) >= 11 is 0. The standard InChI is InChI=1S/C14H18/c1-9-10(2)12-8-7-11(9)13-5-3-4-6-14(12)13/h3-6,11-14H,7-8H2,1-2H3. The summed E-state index contributed by atoms with van der Waals surface area (Å²) in [6.45, 7) is 4.71. The van der Waals surface area contributed by atoms with Crippen LogP contribution in [0.4, 0.5) is 0 Å². The third-order valence-electron chi connectivity index (χ3n) is 4.67. The Balaban J connectivity index is 2.08. The molecule has 74 valence electrons. The van der Waals surface area contributed by atoms with Gasteiger partial charge in [-0.3, -0.25) is 0 Å². The largest absolute Gasteiger partial charge is 0.0802 e. The second-order valence-corrected chi connectivity index (χ2v) is 5.08. The Bertz CT molecular complexity index is 309. The number of rotatable bonds is 0. The fraction of sp³-hybridized carbons (Fsp3) is 0.571. The maximum atomic E-state index is 2.44. The second kappa shape index (κ2) is 2.85. The Morgan fingerprint density at radius 3 is 1.71 bits per heavy atom.